The number of carboxylic acid groups (broad SMARTS) is 1. The molecule has 2 aromatic carbocycles. The molecule has 0 amide bonds. The second-order valence-electron chi connectivity index (χ2n) is 6.13. The average Bonchev–Trinajstić information content (AvgIpc) is 2.64. The first-order chi connectivity index (χ1) is 12.8. The summed E-state index contributed by atoms with van der Waals surface area (Å²) in [6.45, 7) is 0.332. The summed E-state index contributed by atoms with van der Waals surface area (Å²) in [7, 11) is -4.05. The van der Waals surface area contributed by atoms with E-state index >= 15 is 0 Å². The fourth-order valence-electron chi connectivity index (χ4n) is 2.72. The molecule has 1 aliphatic rings. The Hall–Kier alpha value is -2.49. The SMILES string of the molecule is O=C(O)C1(NS(=O)(=O)c2ccc(Oc3ccc(F)cc3)cc2)CCOCC1. The molecular formula is C18H18FNO6S. The molecule has 9 heteroatoms. The van der Waals surface area contributed by atoms with Gasteiger partial charge in [0.25, 0.3) is 0 Å². The highest BCUT2D eigenvalue weighted by atomic mass is 32.2. The molecule has 0 aromatic heterocycles. The van der Waals surface area contributed by atoms with Crippen molar-refractivity contribution in [3.63, 3.8) is 0 Å². The van der Waals surface area contributed by atoms with Crippen molar-refractivity contribution in [2.75, 3.05) is 13.2 Å². The van der Waals surface area contributed by atoms with E-state index in [4.69, 9.17) is 9.47 Å². The zero-order valence-corrected chi connectivity index (χ0v) is 15.0. The average molecular weight is 395 g/mol. The third-order valence-electron chi connectivity index (χ3n) is 4.27. The second-order valence-corrected chi connectivity index (χ2v) is 7.81. The van der Waals surface area contributed by atoms with Crippen LogP contribution in [-0.4, -0.2) is 38.2 Å². The molecule has 7 nitrogen and oxygen atoms in total. The molecule has 144 valence electrons. The Morgan fingerprint density at radius 1 is 1.04 bits per heavy atom. The number of ether oxygens (including phenoxy) is 2. The van der Waals surface area contributed by atoms with Gasteiger partial charge in [-0.15, -0.1) is 0 Å². The highest BCUT2D eigenvalue weighted by Crippen LogP contribution is 2.26. The molecule has 1 fully saturated rings. The van der Waals surface area contributed by atoms with Crippen LogP contribution < -0.4 is 9.46 Å². The summed E-state index contributed by atoms with van der Waals surface area (Å²) in [5, 5.41) is 9.50. The molecule has 0 spiro atoms. The molecule has 27 heavy (non-hydrogen) atoms. The van der Waals surface area contributed by atoms with Crippen LogP contribution in [-0.2, 0) is 19.6 Å². The number of carbonyl (C=O) groups is 1. The van der Waals surface area contributed by atoms with Crippen LogP contribution in [0.25, 0.3) is 0 Å². The maximum absolute atomic E-state index is 12.9. The molecule has 1 saturated heterocycles. The number of sulfonamides is 1. The molecular weight excluding hydrogens is 377 g/mol. The third-order valence-corrected chi connectivity index (χ3v) is 5.82. The lowest BCUT2D eigenvalue weighted by Crippen LogP contribution is -2.57. The van der Waals surface area contributed by atoms with Crippen LogP contribution in [0.3, 0.4) is 0 Å². The zero-order valence-electron chi connectivity index (χ0n) is 14.2. The second kappa shape index (κ2) is 7.63. The number of nitrogens with one attached hydrogen (secondary N) is 1. The minimum atomic E-state index is -4.05. The molecule has 1 aliphatic heterocycles. The Balaban J connectivity index is 1.76. The monoisotopic (exact) mass is 395 g/mol. The van der Waals surface area contributed by atoms with Crippen LogP contribution in [0.15, 0.2) is 53.4 Å². The Kier molecular flexibility index (Phi) is 5.45. The molecule has 2 N–H and O–H groups in total. The first-order valence-corrected chi connectivity index (χ1v) is 9.68. The van der Waals surface area contributed by atoms with Crippen molar-refractivity contribution in [2.24, 2.45) is 0 Å². The van der Waals surface area contributed by atoms with Crippen molar-refractivity contribution in [3.8, 4) is 11.5 Å². The van der Waals surface area contributed by atoms with Crippen molar-refractivity contribution in [3.05, 3.63) is 54.3 Å². The maximum Gasteiger partial charge on any atom is 0.325 e. The summed E-state index contributed by atoms with van der Waals surface area (Å²) >= 11 is 0. The van der Waals surface area contributed by atoms with Gasteiger partial charge in [0.2, 0.25) is 10.0 Å². The van der Waals surface area contributed by atoms with E-state index in [9.17, 15) is 22.7 Å². The minimum Gasteiger partial charge on any atom is -0.480 e. The van der Waals surface area contributed by atoms with E-state index in [2.05, 4.69) is 4.72 Å². The van der Waals surface area contributed by atoms with Crippen LogP contribution in [0, 0.1) is 5.82 Å². The summed E-state index contributed by atoms with van der Waals surface area (Å²) in [6.07, 6.45) is 0.0979. The van der Waals surface area contributed by atoms with Gasteiger partial charge in [0.05, 0.1) is 4.90 Å². The van der Waals surface area contributed by atoms with Crippen LogP contribution in [0.2, 0.25) is 0 Å². The molecule has 0 aliphatic carbocycles. The lowest BCUT2D eigenvalue weighted by molar-refractivity contribution is -0.147. The van der Waals surface area contributed by atoms with Gasteiger partial charge in [-0.25, -0.2) is 12.8 Å². The van der Waals surface area contributed by atoms with Gasteiger partial charge in [-0.05, 0) is 48.5 Å². The topological polar surface area (TPSA) is 102 Å². The quantitative estimate of drug-likeness (QED) is 0.779. The van der Waals surface area contributed by atoms with Crippen molar-refractivity contribution in [1.29, 1.82) is 0 Å². The van der Waals surface area contributed by atoms with Gasteiger partial charge in [0.15, 0.2) is 0 Å². The van der Waals surface area contributed by atoms with Crippen molar-refractivity contribution in [1.82, 2.24) is 4.72 Å². The molecule has 0 unspecified atom stereocenters. The van der Waals surface area contributed by atoms with Gasteiger partial charge in [0.1, 0.15) is 22.9 Å². The number of aliphatic carboxylic acids is 1. The third kappa shape index (κ3) is 4.44. The van der Waals surface area contributed by atoms with Gasteiger partial charge < -0.3 is 14.6 Å². The Morgan fingerprint density at radius 3 is 2.07 bits per heavy atom. The van der Waals surface area contributed by atoms with Gasteiger partial charge in [-0.1, -0.05) is 0 Å². The molecule has 1 heterocycles. The molecule has 0 atom stereocenters. The Bertz CT molecular complexity index is 906. The standard InChI is InChI=1S/C18H18FNO6S/c19-13-1-3-14(4-2-13)26-15-5-7-16(8-6-15)27(23,24)20-18(17(21)22)9-11-25-12-10-18/h1-8,20H,9-12H2,(H,21,22). The largest absolute Gasteiger partial charge is 0.480 e. The number of benzene rings is 2. The molecule has 3 rings (SSSR count). The summed E-state index contributed by atoms with van der Waals surface area (Å²) in [5.74, 6) is -0.863. The van der Waals surface area contributed by atoms with Crippen molar-refractivity contribution in [2.45, 2.75) is 23.3 Å². The predicted molar refractivity (Wildman–Crippen MR) is 93.7 cm³/mol. The molecule has 2 aromatic rings. The summed E-state index contributed by atoms with van der Waals surface area (Å²) in [5.41, 5.74) is -1.58. The smallest absolute Gasteiger partial charge is 0.325 e. The van der Waals surface area contributed by atoms with E-state index in [-0.39, 0.29) is 31.0 Å². The number of hydrogen-bond acceptors (Lipinski definition) is 5. The summed E-state index contributed by atoms with van der Waals surface area (Å²) < 4.78 is 51.1. The first kappa shape index (κ1) is 19.3. The Morgan fingerprint density at radius 2 is 1.56 bits per heavy atom. The lowest BCUT2D eigenvalue weighted by Gasteiger charge is -2.33. The van der Waals surface area contributed by atoms with Gasteiger partial charge in [-0.3, -0.25) is 4.79 Å². The van der Waals surface area contributed by atoms with Gasteiger partial charge in [0, 0.05) is 26.1 Å². The lowest BCUT2D eigenvalue weighted by atomic mass is 9.92. The maximum atomic E-state index is 12.9. The fraction of sp³-hybridized carbons (Fsp3) is 0.278. The van der Waals surface area contributed by atoms with E-state index in [0.29, 0.717) is 11.5 Å². The summed E-state index contributed by atoms with van der Waals surface area (Å²) in [6, 6.07) is 10.9. The van der Waals surface area contributed by atoms with E-state index in [1.165, 1.54) is 48.5 Å². The van der Waals surface area contributed by atoms with E-state index in [1.807, 2.05) is 0 Å². The number of halogens is 1. The minimum absolute atomic E-state index is 0.0489. The normalized spacial score (nSPS) is 16.6. The fourth-order valence-corrected chi connectivity index (χ4v) is 4.14. The Labute approximate surface area is 155 Å². The van der Waals surface area contributed by atoms with E-state index in [0.717, 1.165) is 0 Å². The molecule has 0 radical (unpaired) electrons. The van der Waals surface area contributed by atoms with Crippen LogP contribution in [0.5, 0.6) is 11.5 Å². The molecule has 0 saturated carbocycles. The van der Waals surface area contributed by atoms with Crippen LogP contribution in [0.4, 0.5) is 4.39 Å². The highest BCUT2D eigenvalue weighted by Gasteiger charge is 2.43. The molecule has 0 bridgehead atoms. The van der Waals surface area contributed by atoms with Gasteiger partial charge in [-0.2, -0.15) is 4.72 Å². The van der Waals surface area contributed by atoms with Gasteiger partial charge >= 0.3 is 5.97 Å². The van der Waals surface area contributed by atoms with E-state index < -0.39 is 27.3 Å². The first-order valence-electron chi connectivity index (χ1n) is 8.19. The highest BCUT2D eigenvalue weighted by molar-refractivity contribution is 7.89. The summed E-state index contributed by atoms with van der Waals surface area (Å²) in [4.78, 5) is 11.6. The predicted octanol–water partition coefficient (Wildman–Crippen LogP) is 2.53. The number of hydrogen-bond donors (Lipinski definition) is 2. The van der Waals surface area contributed by atoms with Crippen molar-refractivity contribution < 1.29 is 32.2 Å². The van der Waals surface area contributed by atoms with E-state index in [1.54, 1.807) is 0 Å². The number of rotatable bonds is 6. The zero-order chi connectivity index (χ0) is 19.5. The number of carboxylic acids is 1. The van der Waals surface area contributed by atoms with Crippen molar-refractivity contribution >= 4 is 16.0 Å². The van der Waals surface area contributed by atoms with Crippen LogP contribution in [0.1, 0.15) is 12.8 Å². The van der Waals surface area contributed by atoms with Crippen LogP contribution >= 0.6 is 0 Å².